The van der Waals surface area contributed by atoms with Crippen LogP contribution in [0.5, 0.6) is 0 Å². The second kappa shape index (κ2) is 8.95. The minimum absolute atomic E-state index is 0.0468. The van der Waals surface area contributed by atoms with E-state index in [9.17, 15) is 5.11 Å². The van der Waals surface area contributed by atoms with Crippen molar-refractivity contribution in [3.8, 4) is 11.3 Å². The van der Waals surface area contributed by atoms with E-state index < -0.39 is 11.6 Å². The van der Waals surface area contributed by atoms with Crippen molar-refractivity contribution < 1.29 is 14.2 Å². The van der Waals surface area contributed by atoms with Gasteiger partial charge in [-0.3, -0.25) is 14.6 Å². The Morgan fingerprint density at radius 1 is 1.13 bits per heavy atom. The molecule has 0 bridgehead atoms. The monoisotopic (exact) mass is 518 g/mol. The zero-order valence-electron chi connectivity index (χ0n) is 22.2. The molecule has 5 aromatic heterocycles. The minimum Gasteiger partial charge on any atom is -0.384 e. The predicted octanol–water partition coefficient (Wildman–Crippen LogP) is 3.80. The van der Waals surface area contributed by atoms with Gasteiger partial charge in [-0.15, -0.1) is 5.10 Å². The van der Waals surface area contributed by atoms with E-state index in [1.807, 2.05) is 27.1 Å². The first-order valence-electron chi connectivity index (χ1n) is 12.8. The Labute approximate surface area is 219 Å². The Kier molecular flexibility index (Phi) is 5.80. The van der Waals surface area contributed by atoms with Gasteiger partial charge in [0.25, 0.3) is 0 Å². The number of pyridine rings is 2. The molecule has 0 spiro atoms. The summed E-state index contributed by atoms with van der Waals surface area (Å²) in [4.78, 5) is 9.41. The number of ether oxygens (including phenoxy) is 1. The molecule has 0 aromatic carbocycles. The molecular weight excluding hydrogens is 487 g/mol. The summed E-state index contributed by atoms with van der Waals surface area (Å²) >= 11 is 0. The topological polar surface area (TPSA) is 109 Å². The molecular formula is C27H31FN8O2. The number of hydrogen-bond donors (Lipinski definition) is 1. The van der Waals surface area contributed by atoms with E-state index in [4.69, 9.17) is 14.8 Å². The van der Waals surface area contributed by atoms with Crippen LogP contribution in [0.1, 0.15) is 49.8 Å². The molecule has 1 aliphatic rings. The normalized spacial score (nSPS) is 16.1. The van der Waals surface area contributed by atoms with Crippen LogP contribution < -0.4 is 0 Å². The number of halogens is 1. The fraction of sp³-hybridized carbons (Fsp3) is 0.444. The van der Waals surface area contributed by atoms with Gasteiger partial charge in [0.15, 0.2) is 0 Å². The van der Waals surface area contributed by atoms with Crippen molar-refractivity contribution in [2.24, 2.45) is 20.0 Å². The van der Waals surface area contributed by atoms with Gasteiger partial charge in [0, 0.05) is 45.3 Å². The first-order valence-corrected chi connectivity index (χ1v) is 12.8. The zero-order chi connectivity index (χ0) is 26.8. The Morgan fingerprint density at radius 2 is 1.89 bits per heavy atom. The van der Waals surface area contributed by atoms with E-state index in [0.717, 1.165) is 40.8 Å². The molecule has 5 aromatic rings. The lowest BCUT2D eigenvalue weighted by Crippen LogP contribution is -2.29. The van der Waals surface area contributed by atoms with Crippen molar-refractivity contribution in [1.29, 1.82) is 0 Å². The number of aliphatic hydroxyl groups is 1. The van der Waals surface area contributed by atoms with E-state index >= 15 is 4.39 Å². The van der Waals surface area contributed by atoms with Crippen LogP contribution in [0.2, 0.25) is 0 Å². The lowest BCUT2D eigenvalue weighted by atomic mass is 9.88. The molecule has 0 amide bonds. The van der Waals surface area contributed by atoms with Crippen molar-refractivity contribution in [3.05, 3.63) is 53.5 Å². The fourth-order valence-electron chi connectivity index (χ4n) is 6.00. The zero-order valence-corrected chi connectivity index (χ0v) is 22.2. The minimum atomic E-state index is -1.22. The number of aromatic nitrogens is 8. The maximum absolute atomic E-state index is 15.5. The molecule has 198 valence electrons. The summed E-state index contributed by atoms with van der Waals surface area (Å²) in [6.07, 6.45) is 4.92. The van der Waals surface area contributed by atoms with Crippen molar-refractivity contribution in [3.63, 3.8) is 0 Å². The standard InChI is InChI=1S/C27H31FN8O2/c1-15-23(34(4)33-31-15)17-13-19-21(30-14-17)22-25(26(27(2,3)37)35(5)32-22)36(19)24(16-8-11-38-12-9-16)20-18(28)7-6-10-29-20/h6-7,10,13-14,16,24,37H,8-9,11-12H2,1-5H3/t24-/m1/s1. The van der Waals surface area contributed by atoms with Crippen LogP contribution in [0, 0.1) is 18.7 Å². The third kappa shape index (κ3) is 3.80. The molecule has 1 aliphatic heterocycles. The maximum atomic E-state index is 15.5. The average Bonchev–Trinajstić information content (AvgIpc) is 3.50. The largest absolute Gasteiger partial charge is 0.384 e. The number of aryl methyl sites for hydroxylation is 3. The second-order valence-electron chi connectivity index (χ2n) is 10.6. The first kappa shape index (κ1) is 24.6. The second-order valence-corrected chi connectivity index (χ2v) is 10.6. The van der Waals surface area contributed by atoms with Gasteiger partial charge in [0.05, 0.1) is 39.9 Å². The van der Waals surface area contributed by atoms with Gasteiger partial charge in [0.1, 0.15) is 22.5 Å². The summed E-state index contributed by atoms with van der Waals surface area (Å²) in [5, 5.41) is 24.5. The van der Waals surface area contributed by atoms with Gasteiger partial charge >= 0.3 is 0 Å². The molecule has 0 radical (unpaired) electrons. The van der Waals surface area contributed by atoms with E-state index in [-0.39, 0.29) is 11.7 Å². The molecule has 6 rings (SSSR count). The maximum Gasteiger partial charge on any atom is 0.146 e. The number of fused-ring (bicyclic) bond motifs is 3. The highest BCUT2D eigenvalue weighted by Crippen LogP contribution is 2.43. The van der Waals surface area contributed by atoms with E-state index in [0.29, 0.717) is 35.6 Å². The van der Waals surface area contributed by atoms with Gasteiger partial charge < -0.3 is 14.4 Å². The number of nitrogens with zero attached hydrogens (tertiary/aromatic N) is 8. The van der Waals surface area contributed by atoms with Crippen LogP contribution in [0.3, 0.4) is 0 Å². The van der Waals surface area contributed by atoms with E-state index in [1.54, 1.807) is 41.7 Å². The highest BCUT2D eigenvalue weighted by atomic mass is 19.1. The van der Waals surface area contributed by atoms with Gasteiger partial charge in [0.2, 0.25) is 0 Å². The Morgan fingerprint density at radius 3 is 2.55 bits per heavy atom. The molecule has 11 heteroatoms. The summed E-state index contributed by atoms with van der Waals surface area (Å²) in [5.74, 6) is -0.325. The number of hydrogen-bond acceptors (Lipinski definition) is 7. The third-order valence-corrected chi connectivity index (χ3v) is 7.52. The van der Waals surface area contributed by atoms with Crippen LogP contribution >= 0.6 is 0 Å². The predicted molar refractivity (Wildman–Crippen MR) is 140 cm³/mol. The Bertz CT molecular complexity index is 1640. The summed E-state index contributed by atoms with van der Waals surface area (Å²) in [7, 11) is 3.66. The quantitative estimate of drug-likeness (QED) is 0.377. The summed E-state index contributed by atoms with van der Waals surface area (Å²) in [6, 6.07) is 4.63. The summed E-state index contributed by atoms with van der Waals surface area (Å²) < 4.78 is 26.7. The SMILES string of the molecule is Cc1nnn(C)c1-c1cnc2c3nn(C)c(C(C)(C)O)c3n([C@@H](c3ncccc3F)C3CCOCC3)c2c1. The molecule has 10 nitrogen and oxygen atoms in total. The first-order chi connectivity index (χ1) is 18.2. The smallest absolute Gasteiger partial charge is 0.146 e. The molecule has 1 N–H and O–H groups in total. The fourth-order valence-corrected chi connectivity index (χ4v) is 6.00. The molecule has 0 saturated carbocycles. The molecule has 6 heterocycles. The Hall–Kier alpha value is -3.70. The third-order valence-electron chi connectivity index (χ3n) is 7.52. The average molecular weight is 519 g/mol. The highest BCUT2D eigenvalue weighted by molar-refractivity contribution is 6.05. The van der Waals surface area contributed by atoms with Crippen LogP contribution in [-0.4, -0.2) is 57.6 Å². The lowest BCUT2D eigenvalue weighted by Gasteiger charge is -2.33. The number of rotatable bonds is 5. The molecule has 1 fully saturated rings. The van der Waals surface area contributed by atoms with Gasteiger partial charge in [-0.2, -0.15) is 5.10 Å². The lowest BCUT2D eigenvalue weighted by molar-refractivity contribution is 0.0536. The van der Waals surface area contributed by atoms with Crippen molar-refractivity contribution in [2.45, 2.75) is 45.3 Å². The van der Waals surface area contributed by atoms with Gasteiger partial charge in [-0.1, -0.05) is 5.21 Å². The molecule has 1 atom stereocenters. The van der Waals surface area contributed by atoms with Crippen molar-refractivity contribution in [1.82, 2.24) is 39.3 Å². The van der Waals surface area contributed by atoms with Gasteiger partial charge in [-0.05, 0) is 57.7 Å². The molecule has 1 saturated heterocycles. The van der Waals surface area contributed by atoms with Gasteiger partial charge in [-0.25, -0.2) is 9.07 Å². The molecule has 0 unspecified atom stereocenters. The molecule has 0 aliphatic carbocycles. The van der Waals surface area contributed by atoms with Crippen LogP contribution in [-0.2, 0) is 24.4 Å². The van der Waals surface area contributed by atoms with Crippen LogP contribution in [0.25, 0.3) is 33.3 Å². The highest BCUT2D eigenvalue weighted by Gasteiger charge is 2.37. The molecule has 38 heavy (non-hydrogen) atoms. The van der Waals surface area contributed by atoms with Crippen molar-refractivity contribution >= 4 is 22.1 Å². The Balaban J connectivity index is 1.75. The van der Waals surface area contributed by atoms with Crippen molar-refractivity contribution in [2.75, 3.05) is 13.2 Å². The summed E-state index contributed by atoms with van der Waals surface area (Å²) in [5.41, 5.74) is 5.06. The summed E-state index contributed by atoms with van der Waals surface area (Å²) in [6.45, 7) is 6.56. The van der Waals surface area contributed by atoms with E-state index in [1.165, 1.54) is 6.07 Å². The van der Waals surface area contributed by atoms with E-state index in [2.05, 4.69) is 19.9 Å². The van der Waals surface area contributed by atoms with Crippen LogP contribution in [0.15, 0.2) is 30.6 Å². The van der Waals surface area contributed by atoms with Crippen LogP contribution in [0.4, 0.5) is 4.39 Å².